The predicted molar refractivity (Wildman–Crippen MR) is 127 cm³/mol. The molecule has 31 heavy (non-hydrogen) atoms. The van der Waals surface area contributed by atoms with Crippen LogP contribution in [0.15, 0.2) is 54.6 Å². The van der Waals surface area contributed by atoms with Gasteiger partial charge in [-0.2, -0.15) is 0 Å². The molecule has 0 bridgehead atoms. The maximum Gasteiger partial charge on any atom is 0.324 e. The van der Waals surface area contributed by atoms with Crippen LogP contribution in [0.2, 0.25) is 19.6 Å². The minimum Gasteiger partial charge on any atom is -0.465 e. The van der Waals surface area contributed by atoms with Gasteiger partial charge >= 0.3 is 11.9 Å². The van der Waals surface area contributed by atoms with Crippen molar-refractivity contribution in [3.05, 3.63) is 71.3 Å². The van der Waals surface area contributed by atoms with Gasteiger partial charge in [0.15, 0.2) is 5.41 Å². The zero-order chi connectivity index (χ0) is 22.6. The minimum absolute atomic E-state index is 0.222. The number of benzene rings is 2. The van der Waals surface area contributed by atoms with Crippen molar-refractivity contribution in [1.82, 2.24) is 0 Å². The van der Waals surface area contributed by atoms with Gasteiger partial charge in [-0.25, -0.2) is 0 Å². The van der Waals surface area contributed by atoms with Crippen molar-refractivity contribution in [3.63, 3.8) is 0 Å². The average Bonchev–Trinajstić information content (AvgIpc) is 2.73. The van der Waals surface area contributed by atoms with E-state index in [1.807, 2.05) is 36.4 Å². The molecule has 0 radical (unpaired) electrons. The number of ether oxygens (including phenoxy) is 2. The third-order valence-electron chi connectivity index (χ3n) is 5.76. The second kappa shape index (κ2) is 9.23. The monoisotopic (exact) mass is 436 g/mol. The molecule has 164 valence electrons. The summed E-state index contributed by atoms with van der Waals surface area (Å²) in [5.41, 5.74) is 2.95. The van der Waals surface area contributed by atoms with Crippen molar-refractivity contribution < 1.29 is 19.1 Å². The first-order valence-electron chi connectivity index (χ1n) is 11.0. The van der Waals surface area contributed by atoms with Crippen LogP contribution < -0.4 is 0 Å². The second-order valence-corrected chi connectivity index (χ2v) is 14.0. The molecule has 4 nitrogen and oxygen atoms in total. The van der Waals surface area contributed by atoms with Gasteiger partial charge in [-0.3, -0.25) is 9.59 Å². The van der Waals surface area contributed by atoms with Crippen LogP contribution in [-0.4, -0.2) is 33.2 Å². The first-order chi connectivity index (χ1) is 14.7. The Morgan fingerprint density at radius 1 is 0.839 bits per heavy atom. The van der Waals surface area contributed by atoms with Gasteiger partial charge in [0.2, 0.25) is 0 Å². The Morgan fingerprint density at radius 3 is 1.94 bits per heavy atom. The van der Waals surface area contributed by atoms with Crippen molar-refractivity contribution >= 4 is 30.8 Å². The fourth-order valence-electron chi connectivity index (χ4n) is 4.55. The third kappa shape index (κ3) is 4.52. The summed E-state index contributed by atoms with van der Waals surface area (Å²) in [7, 11) is -1.88. The first kappa shape index (κ1) is 23.0. The molecule has 0 heterocycles. The summed E-state index contributed by atoms with van der Waals surface area (Å²) in [6, 6.07) is 18.4. The van der Waals surface area contributed by atoms with Crippen LogP contribution in [0.25, 0.3) is 10.8 Å². The topological polar surface area (TPSA) is 52.6 Å². The maximum atomic E-state index is 13.3. The molecule has 0 aromatic heterocycles. The number of esters is 2. The molecule has 0 spiro atoms. The molecule has 0 N–H and O–H groups in total. The maximum absolute atomic E-state index is 13.3. The lowest BCUT2D eigenvalue weighted by Gasteiger charge is -2.38. The Morgan fingerprint density at radius 2 is 1.39 bits per heavy atom. The van der Waals surface area contributed by atoms with Crippen molar-refractivity contribution in [2.75, 3.05) is 13.2 Å². The zero-order valence-corrected chi connectivity index (χ0v) is 20.2. The van der Waals surface area contributed by atoms with E-state index in [4.69, 9.17) is 9.47 Å². The predicted octanol–water partition coefficient (Wildman–Crippen LogP) is 5.53. The molecule has 0 saturated carbocycles. The SMILES string of the molecule is CCOC(=O)C1(C(=O)OCC)C/C(=C(\c2ccccc2)[Si](C)(C)C)c2ccccc2C1. The third-order valence-corrected chi connectivity index (χ3v) is 7.85. The summed E-state index contributed by atoms with van der Waals surface area (Å²) in [6.07, 6.45) is 0.578. The summed E-state index contributed by atoms with van der Waals surface area (Å²) < 4.78 is 10.9. The van der Waals surface area contributed by atoms with Crippen LogP contribution in [0.4, 0.5) is 0 Å². The molecule has 0 atom stereocenters. The number of carbonyl (C=O) groups excluding carboxylic acids is 2. The number of carbonyl (C=O) groups is 2. The highest BCUT2D eigenvalue weighted by Crippen LogP contribution is 2.48. The van der Waals surface area contributed by atoms with Crippen molar-refractivity contribution in [2.45, 2.75) is 46.3 Å². The van der Waals surface area contributed by atoms with E-state index in [-0.39, 0.29) is 26.1 Å². The van der Waals surface area contributed by atoms with Crippen molar-refractivity contribution in [1.29, 1.82) is 0 Å². The molecule has 1 aliphatic carbocycles. The Hall–Kier alpha value is -2.66. The van der Waals surface area contributed by atoms with Gasteiger partial charge in [0, 0.05) is 12.8 Å². The average molecular weight is 437 g/mol. The van der Waals surface area contributed by atoms with Gasteiger partial charge < -0.3 is 9.47 Å². The fourth-order valence-corrected chi connectivity index (χ4v) is 6.71. The van der Waals surface area contributed by atoms with E-state index in [2.05, 4.69) is 37.8 Å². The highest BCUT2D eigenvalue weighted by molar-refractivity contribution is 6.95. The van der Waals surface area contributed by atoms with Gasteiger partial charge in [-0.1, -0.05) is 74.2 Å². The highest BCUT2D eigenvalue weighted by atomic mass is 28.3. The van der Waals surface area contributed by atoms with E-state index in [1.165, 1.54) is 5.20 Å². The van der Waals surface area contributed by atoms with Crippen LogP contribution >= 0.6 is 0 Å². The van der Waals surface area contributed by atoms with Gasteiger partial charge in [-0.15, -0.1) is 0 Å². The largest absolute Gasteiger partial charge is 0.465 e. The molecular weight excluding hydrogens is 404 g/mol. The van der Waals surface area contributed by atoms with Crippen LogP contribution in [0.1, 0.15) is 37.0 Å². The van der Waals surface area contributed by atoms with Crippen LogP contribution in [0.3, 0.4) is 0 Å². The molecule has 0 fully saturated rings. The van der Waals surface area contributed by atoms with E-state index in [0.717, 1.165) is 22.3 Å². The summed E-state index contributed by atoms with van der Waals surface area (Å²) in [5.74, 6) is -0.994. The van der Waals surface area contributed by atoms with Crippen molar-refractivity contribution in [2.24, 2.45) is 5.41 Å². The zero-order valence-electron chi connectivity index (χ0n) is 19.2. The molecule has 0 saturated heterocycles. The van der Waals surface area contributed by atoms with E-state index in [0.29, 0.717) is 0 Å². The van der Waals surface area contributed by atoms with Crippen LogP contribution in [0.5, 0.6) is 0 Å². The lowest BCUT2D eigenvalue weighted by Crippen LogP contribution is -2.46. The van der Waals surface area contributed by atoms with E-state index < -0.39 is 25.4 Å². The summed E-state index contributed by atoms with van der Waals surface area (Å²) in [6.45, 7) is 10.9. The molecule has 1 aliphatic rings. The van der Waals surface area contributed by atoms with Gasteiger partial charge in [0.05, 0.1) is 21.3 Å². The van der Waals surface area contributed by atoms with Gasteiger partial charge in [0.1, 0.15) is 0 Å². The molecule has 0 unspecified atom stereocenters. The Balaban J connectivity index is 2.34. The quantitative estimate of drug-likeness (QED) is 0.339. The highest BCUT2D eigenvalue weighted by Gasteiger charge is 2.52. The number of hydrogen-bond donors (Lipinski definition) is 0. The summed E-state index contributed by atoms with van der Waals surface area (Å²) in [4.78, 5) is 26.5. The molecular formula is C26H32O4Si. The number of hydrogen-bond acceptors (Lipinski definition) is 4. The molecule has 3 rings (SSSR count). The fraction of sp³-hybridized carbons (Fsp3) is 0.385. The standard InChI is InChI=1S/C26H32O4Si/c1-6-29-24(27)26(25(28)30-7-2)17-20-15-11-12-16-21(20)22(18-26)23(31(3,4)5)19-13-9-8-10-14-19/h8-16H,6-7,17-18H2,1-5H3/b23-22-. The Kier molecular flexibility index (Phi) is 6.85. The van der Waals surface area contributed by atoms with Crippen LogP contribution in [-0.2, 0) is 25.5 Å². The lowest BCUT2D eigenvalue weighted by atomic mass is 9.69. The summed E-state index contributed by atoms with van der Waals surface area (Å²) >= 11 is 0. The molecule has 2 aromatic rings. The number of rotatable bonds is 6. The van der Waals surface area contributed by atoms with E-state index in [1.54, 1.807) is 13.8 Å². The molecule has 0 aliphatic heterocycles. The van der Waals surface area contributed by atoms with Gasteiger partial charge in [-0.05, 0) is 41.3 Å². The Bertz CT molecular complexity index is 968. The van der Waals surface area contributed by atoms with E-state index >= 15 is 0 Å². The first-order valence-corrected chi connectivity index (χ1v) is 14.5. The number of allylic oxidation sites excluding steroid dienone is 1. The minimum atomic E-state index is -1.88. The van der Waals surface area contributed by atoms with Crippen molar-refractivity contribution in [3.8, 4) is 0 Å². The number of fused-ring (bicyclic) bond motifs is 1. The van der Waals surface area contributed by atoms with E-state index in [9.17, 15) is 9.59 Å². The Labute approximate surface area is 186 Å². The normalized spacial score (nSPS) is 16.8. The van der Waals surface area contributed by atoms with Gasteiger partial charge in [0.25, 0.3) is 0 Å². The lowest BCUT2D eigenvalue weighted by molar-refractivity contribution is -0.171. The molecule has 5 heteroatoms. The molecule has 0 amide bonds. The summed E-state index contributed by atoms with van der Waals surface area (Å²) in [5, 5.41) is 1.26. The second-order valence-electron chi connectivity index (χ2n) is 9.00. The molecule has 2 aromatic carbocycles. The smallest absolute Gasteiger partial charge is 0.324 e. The van der Waals surface area contributed by atoms with Crippen LogP contribution in [0, 0.1) is 5.41 Å².